The van der Waals surface area contributed by atoms with E-state index in [1.807, 2.05) is 0 Å². The van der Waals surface area contributed by atoms with E-state index in [-0.39, 0.29) is 6.10 Å². The molecule has 0 unspecified atom stereocenters. The lowest BCUT2D eigenvalue weighted by atomic mass is 9.91. The van der Waals surface area contributed by atoms with Gasteiger partial charge < -0.3 is 5.11 Å². The molecule has 0 bridgehead atoms. The molecule has 0 aromatic heterocycles. The van der Waals surface area contributed by atoms with E-state index >= 15 is 0 Å². The summed E-state index contributed by atoms with van der Waals surface area (Å²) < 4.78 is 0. The van der Waals surface area contributed by atoms with Crippen LogP contribution in [0.4, 0.5) is 0 Å². The predicted octanol–water partition coefficient (Wildman–Crippen LogP) is 0.253. The zero-order valence-electron chi connectivity index (χ0n) is 3.89. The van der Waals surface area contributed by atoms with Crippen molar-refractivity contribution in [2.24, 2.45) is 0 Å². The second kappa shape index (κ2) is 1.99. The molecule has 0 heterocycles. The molecule has 2 nitrogen and oxygen atoms in total. The Morgan fingerprint density at radius 3 is 2.29 bits per heavy atom. The van der Waals surface area contributed by atoms with Gasteiger partial charge in [-0.1, -0.05) is 0 Å². The van der Waals surface area contributed by atoms with Gasteiger partial charge in [-0.05, 0) is 24.6 Å². The van der Waals surface area contributed by atoms with Gasteiger partial charge in [-0.3, -0.25) is 0 Å². The molecule has 1 fully saturated rings. The van der Waals surface area contributed by atoms with Gasteiger partial charge in [0, 0.05) is 6.04 Å². The van der Waals surface area contributed by atoms with E-state index in [4.69, 9.17) is 16.9 Å². The van der Waals surface area contributed by atoms with Gasteiger partial charge in [-0.2, -0.15) is 0 Å². The van der Waals surface area contributed by atoms with Crippen molar-refractivity contribution in [3.8, 4) is 0 Å². The Morgan fingerprint density at radius 2 is 2.14 bits per heavy atom. The summed E-state index contributed by atoms with van der Waals surface area (Å²) in [7, 11) is 0. The summed E-state index contributed by atoms with van der Waals surface area (Å²) in [6.07, 6.45) is 1.52. The minimum atomic E-state index is -0.101. The van der Waals surface area contributed by atoms with E-state index in [0.717, 1.165) is 12.8 Å². The van der Waals surface area contributed by atoms with Crippen molar-refractivity contribution < 1.29 is 5.11 Å². The molecule has 1 rings (SSSR count). The van der Waals surface area contributed by atoms with E-state index < -0.39 is 0 Å². The normalized spacial score (nSPS) is 40.3. The summed E-state index contributed by atoms with van der Waals surface area (Å²) in [6, 6.07) is 0.358. The van der Waals surface area contributed by atoms with Gasteiger partial charge in [0.15, 0.2) is 0 Å². The topological polar surface area (TPSA) is 32.3 Å². The van der Waals surface area contributed by atoms with Gasteiger partial charge >= 0.3 is 0 Å². The first-order chi connectivity index (χ1) is 3.33. The number of hydrogen-bond acceptors (Lipinski definition) is 2. The largest absolute Gasteiger partial charge is 0.393 e. The first-order valence-corrected chi connectivity index (χ1v) is 2.75. The van der Waals surface area contributed by atoms with Crippen molar-refractivity contribution in [3.05, 3.63) is 0 Å². The second-order valence-electron chi connectivity index (χ2n) is 1.93. The van der Waals surface area contributed by atoms with Crippen LogP contribution < -0.4 is 4.84 Å². The van der Waals surface area contributed by atoms with Crippen molar-refractivity contribution >= 4 is 11.8 Å². The van der Waals surface area contributed by atoms with E-state index in [0.29, 0.717) is 6.04 Å². The molecule has 0 saturated heterocycles. The molecule has 0 atom stereocenters. The zero-order valence-corrected chi connectivity index (χ0v) is 4.65. The van der Waals surface area contributed by atoms with Crippen LogP contribution >= 0.6 is 11.8 Å². The summed E-state index contributed by atoms with van der Waals surface area (Å²) >= 11 is 5.21. The van der Waals surface area contributed by atoms with Gasteiger partial charge in [-0.15, -0.1) is 0 Å². The van der Waals surface area contributed by atoms with Crippen molar-refractivity contribution in [2.75, 3.05) is 0 Å². The zero-order chi connectivity index (χ0) is 5.28. The predicted molar refractivity (Wildman–Crippen MR) is 28.0 cm³/mol. The molecule has 0 aliphatic heterocycles. The lowest BCUT2D eigenvalue weighted by molar-refractivity contribution is 0.0714. The Kier molecular flexibility index (Phi) is 1.52. The molecule has 42 valence electrons. The summed E-state index contributed by atoms with van der Waals surface area (Å²) in [4.78, 5) is 2.54. The number of nitrogens with one attached hydrogen (secondary N) is 1. The Hall–Kier alpha value is 0.210. The van der Waals surface area contributed by atoms with Gasteiger partial charge in [0.25, 0.3) is 0 Å². The van der Waals surface area contributed by atoms with Crippen molar-refractivity contribution in [3.63, 3.8) is 0 Å². The maximum atomic E-state index is 8.65. The molecular weight excluding hydrogens is 114 g/mol. The highest BCUT2D eigenvalue weighted by atomic mass is 35.5. The summed E-state index contributed by atoms with van der Waals surface area (Å²) in [5.41, 5.74) is 0. The molecule has 0 radical (unpaired) electrons. The van der Waals surface area contributed by atoms with Crippen LogP contribution in [0.2, 0.25) is 0 Å². The summed E-state index contributed by atoms with van der Waals surface area (Å²) in [5.74, 6) is 0. The van der Waals surface area contributed by atoms with Gasteiger partial charge in [0.05, 0.1) is 6.10 Å². The molecule has 1 aliphatic rings. The quantitative estimate of drug-likeness (QED) is 0.488. The minimum absolute atomic E-state index is 0.101. The first kappa shape index (κ1) is 5.35. The second-order valence-corrected chi connectivity index (χ2v) is 2.15. The number of rotatable bonds is 1. The third-order valence-electron chi connectivity index (χ3n) is 1.27. The molecular formula is C4H8ClNO. The van der Waals surface area contributed by atoms with Crippen LogP contribution in [0.3, 0.4) is 0 Å². The lowest BCUT2D eigenvalue weighted by Crippen LogP contribution is -2.39. The molecule has 0 aromatic carbocycles. The number of aliphatic hydroxyl groups excluding tert-OH is 1. The van der Waals surface area contributed by atoms with E-state index in [1.165, 1.54) is 0 Å². The fourth-order valence-electron chi connectivity index (χ4n) is 0.677. The van der Waals surface area contributed by atoms with Crippen LogP contribution in [0.5, 0.6) is 0 Å². The van der Waals surface area contributed by atoms with Crippen LogP contribution in [0.1, 0.15) is 12.8 Å². The fourth-order valence-corrected chi connectivity index (χ4v) is 0.855. The molecule has 7 heavy (non-hydrogen) atoms. The van der Waals surface area contributed by atoms with Crippen molar-refractivity contribution in [1.29, 1.82) is 0 Å². The van der Waals surface area contributed by atoms with Crippen molar-refractivity contribution in [2.45, 2.75) is 25.0 Å². The van der Waals surface area contributed by atoms with E-state index in [2.05, 4.69) is 4.84 Å². The monoisotopic (exact) mass is 121 g/mol. The van der Waals surface area contributed by atoms with Crippen LogP contribution in [0.15, 0.2) is 0 Å². The molecule has 0 amide bonds. The van der Waals surface area contributed by atoms with Crippen molar-refractivity contribution in [1.82, 2.24) is 4.84 Å². The van der Waals surface area contributed by atoms with Gasteiger partial charge in [0.1, 0.15) is 0 Å². The highest BCUT2D eigenvalue weighted by molar-refractivity contribution is 6.13. The SMILES string of the molecule is O[C@H]1C[C@H](NCl)C1. The highest BCUT2D eigenvalue weighted by Gasteiger charge is 2.25. The van der Waals surface area contributed by atoms with Crippen LogP contribution in [-0.2, 0) is 0 Å². The van der Waals surface area contributed by atoms with Crippen LogP contribution in [0.25, 0.3) is 0 Å². The molecule has 0 spiro atoms. The standard InChI is InChI=1S/C4H8ClNO/c5-6-3-1-4(7)2-3/h3-4,6-7H,1-2H2/t3-,4-. The maximum absolute atomic E-state index is 8.65. The van der Waals surface area contributed by atoms with E-state index in [1.54, 1.807) is 0 Å². The molecule has 1 aliphatic carbocycles. The highest BCUT2D eigenvalue weighted by Crippen LogP contribution is 2.19. The Bertz CT molecular complexity index is 62.7. The minimum Gasteiger partial charge on any atom is -0.393 e. The number of hydrogen-bond donors (Lipinski definition) is 2. The number of halogens is 1. The first-order valence-electron chi connectivity index (χ1n) is 2.37. The molecule has 0 aromatic rings. The van der Waals surface area contributed by atoms with E-state index in [9.17, 15) is 0 Å². The molecule has 2 N–H and O–H groups in total. The summed E-state index contributed by atoms with van der Waals surface area (Å²) in [5, 5.41) is 8.65. The average Bonchev–Trinajstić information content (AvgIpc) is 1.58. The maximum Gasteiger partial charge on any atom is 0.0570 e. The van der Waals surface area contributed by atoms with Crippen LogP contribution in [0, 0.1) is 0 Å². The third kappa shape index (κ3) is 1.06. The molecule has 3 heteroatoms. The Balaban J connectivity index is 2.06. The number of aliphatic hydroxyl groups is 1. The summed E-state index contributed by atoms with van der Waals surface area (Å²) in [6.45, 7) is 0. The smallest absolute Gasteiger partial charge is 0.0570 e. The Morgan fingerprint density at radius 1 is 1.57 bits per heavy atom. The lowest BCUT2D eigenvalue weighted by Gasteiger charge is -2.29. The Labute approximate surface area is 47.6 Å². The van der Waals surface area contributed by atoms with Gasteiger partial charge in [-0.25, -0.2) is 4.84 Å². The van der Waals surface area contributed by atoms with Gasteiger partial charge in [0.2, 0.25) is 0 Å². The molecule has 1 saturated carbocycles. The van der Waals surface area contributed by atoms with Crippen LogP contribution in [-0.4, -0.2) is 17.3 Å². The average molecular weight is 122 g/mol. The fraction of sp³-hybridized carbons (Fsp3) is 1.00. The third-order valence-corrected chi connectivity index (χ3v) is 1.58.